The fourth-order valence-electron chi connectivity index (χ4n) is 2.94. The molecule has 1 aromatic carbocycles. The third-order valence-electron chi connectivity index (χ3n) is 4.02. The fourth-order valence-corrected chi connectivity index (χ4v) is 2.94. The number of benzene rings is 1. The quantitative estimate of drug-likeness (QED) is 0.783. The summed E-state index contributed by atoms with van der Waals surface area (Å²) in [7, 11) is 1.46. The number of hydrogen-bond acceptors (Lipinski definition) is 3. The molecular formula is C16H22O3. The summed E-state index contributed by atoms with van der Waals surface area (Å²) >= 11 is 0. The lowest BCUT2D eigenvalue weighted by Gasteiger charge is -2.36. The van der Waals surface area contributed by atoms with E-state index in [1.165, 1.54) is 12.7 Å². The Morgan fingerprint density at radius 1 is 1.42 bits per heavy atom. The number of aryl methyl sites for hydroxylation is 2. The van der Waals surface area contributed by atoms with E-state index >= 15 is 0 Å². The lowest BCUT2D eigenvalue weighted by atomic mass is 9.73. The molecule has 0 N–H and O–H groups in total. The Bertz CT molecular complexity index is 477. The van der Waals surface area contributed by atoms with Crippen LogP contribution in [0.15, 0.2) is 18.2 Å². The summed E-state index contributed by atoms with van der Waals surface area (Å²) in [5, 5.41) is 0. The van der Waals surface area contributed by atoms with Gasteiger partial charge < -0.3 is 9.47 Å². The molecule has 19 heavy (non-hydrogen) atoms. The summed E-state index contributed by atoms with van der Waals surface area (Å²) in [6.07, 6.45) is 0.781. The highest BCUT2D eigenvalue weighted by Crippen LogP contribution is 2.36. The highest BCUT2D eigenvalue weighted by atomic mass is 16.5. The van der Waals surface area contributed by atoms with Crippen molar-refractivity contribution in [2.24, 2.45) is 5.92 Å². The first kappa shape index (κ1) is 14.1. The smallest absolute Gasteiger partial charge is 0.316 e. The number of methoxy groups -OCH3 is 1. The lowest BCUT2D eigenvalue weighted by Crippen LogP contribution is -2.41. The average Bonchev–Trinajstić information content (AvgIpc) is 2.32. The Kier molecular flexibility index (Phi) is 3.95. The van der Waals surface area contributed by atoms with Gasteiger partial charge in [-0.15, -0.1) is 0 Å². The van der Waals surface area contributed by atoms with Gasteiger partial charge in [0.15, 0.2) is 0 Å². The minimum absolute atomic E-state index is 0.161. The molecule has 1 fully saturated rings. The molecule has 3 nitrogen and oxygen atoms in total. The Balaban J connectivity index is 2.37. The fraction of sp³-hybridized carbons (Fsp3) is 0.562. The standard InChI is InChI=1S/C16H22O3/c1-11-5-6-14(12(2)7-11)16(3,15(17)18-4)8-13-9-19-10-13/h5-7,13H,8-10H2,1-4H3. The zero-order chi connectivity index (χ0) is 14.0. The van der Waals surface area contributed by atoms with Crippen LogP contribution in [0.2, 0.25) is 0 Å². The van der Waals surface area contributed by atoms with E-state index in [9.17, 15) is 4.79 Å². The first-order valence-corrected chi connectivity index (χ1v) is 6.71. The molecule has 0 bridgehead atoms. The van der Waals surface area contributed by atoms with Gasteiger partial charge in [0.05, 0.1) is 25.7 Å². The second kappa shape index (κ2) is 5.33. The molecule has 2 rings (SSSR count). The molecule has 0 spiro atoms. The molecule has 1 aliphatic rings. The number of esters is 1. The molecule has 1 atom stereocenters. The third kappa shape index (κ3) is 2.66. The van der Waals surface area contributed by atoms with E-state index in [0.717, 1.165) is 30.8 Å². The molecular weight excluding hydrogens is 240 g/mol. The number of hydrogen-bond donors (Lipinski definition) is 0. The molecule has 0 amide bonds. The van der Waals surface area contributed by atoms with Crippen molar-refractivity contribution in [3.63, 3.8) is 0 Å². The molecule has 1 heterocycles. The summed E-state index contributed by atoms with van der Waals surface area (Å²) in [4.78, 5) is 12.3. The van der Waals surface area contributed by atoms with Gasteiger partial charge in [-0.1, -0.05) is 23.8 Å². The maximum atomic E-state index is 12.3. The zero-order valence-electron chi connectivity index (χ0n) is 12.2. The van der Waals surface area contributed by atoms with E-state index in [1.54, 1.807) is 0 Å². The maximum absolute atomic E-state index is 12.3. The normalized spacial score (nSPS) is 18.5. The minimum Gasteiger partial charge on any atom is -0.468 e. The van der Waals surface area contributed by atoms with Crippen molar-refractivity contribution in [3.8, 4) is 0 Å². The minimum atomic E-state index is -0.582. The third-order valence-corrected chi connectivity index (χ3v) is 4.02. The Morgan fingerprint density at radius 3 is 2.58 bits per heavy atom. The van der Waals surface area contributed by atoms with Gasteiger partial charge >= 0.3 is 5.97 Å². The lowest BCUT2D eigenvalue weighted by molar-refractivity contribution is -0.149. The summed E-state index contributed by atoms with van der Waals surface area (Å²) in [6.45, 7) is 7.59. The molecule has 1 aromatic rings. The van der Waals surface area contributed by atoms with E-state index in [0.29, 0.717) is 5.92 Å². The van der Waals surface area contributed by atoms with Crippen LogP contribution in [0, 0.1) is 19.8 Å². The van der Waals surface area contributed by atoms with E-state index < -0.39 is 5.41 Å². The summed E-state index contributed by atoms with van der Waals surface area (Å²) < 4.78 is 10.3. The number of rotatable bonds is 4. The van der Waals surface area contributed by atoms with Gasteiger partial charge in [-0.3, -0.25) is 4.79 Å². The summed E-state index contributed by atoms with van der Waals surface area (Å²) in [5.74, 6) is 0.288. The first-order valence-electron chi connectivity index (χ1n) is 6.71. The number of carbonyl (C=O) groups excluding carboxylic acids is 1. The van der Waals surface area contributed by atoms with Crippen LogP contribution in [-0.4, -0.2) is 26.3 Å². The highest BCUT2D eigenvalue weighted by molar-refractivity contribution is 5.83. The average molecular weight is 262 g/mol. The van der Waals surface area contributed by atoms with Gasteiger partial charge in [0.2, 0.25) is 0 Å². The van der Waals surface area contributed by atoms with E-state index in [-0.39, 0.29) is 5.97 Å². The maximum Gasteiger partial charge on any atom is 0.316 e. The van der Waals surface area contributed by atoms with Crippen LogP contribution in [0.5, 0.6) is 0 Å². The van der Waals surface area contributed by atoms with Crippen LogP contribution in [-0.2, 0) is 19.7 Å². The predicted molar refractivity (Wildman–Crippen MR) is 74.2 cm³/mol. The Morgan fingerprint density at radius 2 is 2.11 bits per heavy atom. The van der Waals surface area contributed by atoms with E-state index in [4.69, 9.17) is 9.47 Å². The molecule has 1 unspecified atom stereocenters. The van der Waals surface area contributed by atoms with Gasteiger partial charge in [-0.25, -0.2) is 0 Å². The van der Waals surface area contributed by atoms with Crippen molar-refractivity contribution < 1.29 is 14.3 Å². The van der Waals surface area contributed by atoms with Crippen molar-refractivity contribution in [1.82, 2.24) is 0 Å². The molecule has 0 aromatic heterocycles. The largest absolute Gasteiger partial charge is 0.468 e. The first-order chi connectivity index (χ1) is 8.97. The Hall–Kier alpha value is -1.35. The summed E-state index contributed by atoms with van der Waals surface area (Å²) in [5.41, 5.74) is 2.84. The summed E-state index contributed by atoms with van der Waals surface area (Å²) in [6, 6.07) is 6.23. The van der Waals surface area contributed by atoms with Gasteiger partial charge in [0.1, 0.15) is 0 Å². The SMILES string of the molecule is COC(=O)C(C)(CC1COC1)c1ccc(C)cc1C. The molecule has 1 saturated heterocycles. The van der Waals surface area contributed by atoms with Crippen molar-refractivity contribution in [1.29, 1.82) is 0 Å². The van der Waals surface area contributed by atoms with Gasteiger partial charge in [0, 0.05) is 5.92 Å². The Labute approximate surface area is 114 Å². The van der Waals surface area contributed by atoms with Crippen LogP contribution in [0.3, 0.4) is 0 Å². The topological polar surface area (TPSA) is 35.5 Å². The van der Waals surface area contributed by atoms with Gasteiger partial charge in [0.25, 0.3) is 0 Å². The van der Waals surface area contributed by atoms with Crippen LogP contribution >= 0.6 is 0 Å². The monoisotopic (exact) mass is 262 g/mol. The molecule has 3 heteroatoms. The second-order valence-electron chi connectivity index (χ2n) is 5.75. The van der Waals surface area contributed by atoms with Crippen molar-refractivity contribution in [2.45, 2.75) is 32.6 Å². The van der Waals surface area contributed by atoms with Crippen LogP contribution in [0.4, 0.5) is 0 Å². The van der Waals surface area contributed by atoms with E-state index in [2.05, 4.69) is 32.0 Å². The number of carbonyl (C=O) groups is 1. The molecule has 104 valence electrons. The van der Waals surface area contributed by atoms with E-state index in [1.807, 2.05) is 6.92 Å². The van der Waals surface area contributed by atoms with Crippen LogP contribution in [0.1, 0.15) is 30.0 Å². The van der Waals surface area contributed by atoms with Crippen molar-refractivity contribution in [3.05, 3.63) is 34.9 Å². The molecule has 0 radical (unpaired) electrons. The predicted octanol–water partition coefficient (Wildman–Crippen LogP) is 2.77. The van der Waals surface area contributed by atoms with Crippen LogP contribution < -0.4 is 0 Å². The highest BCUT2D eigenvalue weighted by Gasteiger charge is 2.41. The number of ether oxygens (including phenoxy) is 2. The molecule has 0 aliphatic carbocycles. The second-order valence-corrected chi connectivity index (χ2v) is 5.75. The zero-order valence-corrected chi connectivity index (χ0v) is 12.2. The van der Waals surface area contributed by atoms with Gasteiger partial charge in [-0.05, 0) is 38.3 Å². The molecule has 0 saturated carbocycles. The molecule has 1 aliphatic heterocycles. The van der Waals surface area contributed by atoms with Crippen LogP contribution in [0.25, 0.3) is 0 Å². The van der Waals surface area contributed by atoms with Gasteiger partial charge in [-0.2, -0.15) is 0 Å². The van der Waals surface area contributed by atoms with Crippen molar-refractivity contribution >= 4 is 5.97 Å². The van der Waals surface area contributed by atoms with Crippen molar-refractivity contribution in [2.75, 3.05) is 20.3 Å².